The monoisotopic (exact) mass is 306 g/mol. The SMILES string of the molecule is O=C(NC1CCCCC1)c1ccnc(OC2CCSC2)c1. The Morgan fingerprint density at radius 1 is 1.29 bits per heavy atom. The summed E-state index contributed by atoms with van der Waals surface area (Å²) in [5.74, 6) is 2.72. The van der Waals surface area contributed by atoms with E-state index in [9.17, 15) is 4.79 Å². The third-order valence-corrected chi connectivity index (χ3v) is 5.24. The molecule has 1 aromatic heterocycles. The number of carbonyl (C=O) groups excluding carboxylic acids is 1. The van der Waals surface area contributed by atoms with Crippen LogP contribution in [0.25, 0.3) is 0 Å². The maximum Gasteiger partial charge on any atom is 0.251 e. The van der Waals surface area contributed by atoms with Crippen molar-refractivity contribution < 1.29 is 9.53 Å². The predicted molar refractivity (Wildman–Crippen MR) is 84.9 cm³/mol. The first kappa shape index (κ1) is 14.7. The van der Waals surface area contributed by atoms with Crippen LogP contribution in [0.3, 0.4) is 0 Å². The number of aromatic nitrogens is 1. The Hall–Kier alpha value is -1.23. The van der Waals surface area contributed by atoms with Gasteiger partial charge in [-0.3, -0.25) is 4.79 Å². The first-order chi connectivity index (χ1) is 10.3. The van der Waals surface area contributed by atoms with Crippen molar-refractivity contribution in [3.8, 4) is 5.88 Å². The smallest absolute Gasteiger partial charge is 0.251 e. The van der Waals surface area contributed by atoms with Gasteiger partial charge in [0.05, 0.1) is 0 Å². The molecule has 1 N–H and O–H groups in total. The number of pyridine rings is 1. The summed E-state index contributed by atoms with van der Waals surface area (Å²) in [6.07, 6.45) is 8.87. The summed E-state index contributed by atoms with van der Waals surface area (Å²) in [7, 11) is 0. The van der Waals surface area contributed by atoms with Gasteiger partial charge in [0, 0.05) is 29.6 Å². The molecule has 2 heterocycles. The summed E-state index contributed by atoms with van der Waals surface area (Å²) < 4.78 is 5.84. The molecule has 1 amide bonds. The number of thioether (sulfide) groups is 1. The van der Waals surface area contributed by atoms with Gasteiger partial charge < -0.3 is 10.1 Å². The van der Waals surface area contributed by atoms with E-state index in [0.29, 0.717) is 17.5 Å². The molecule has 4 nitrogen and oxygen atoms in total. The zero-order valence-corrected chi connectivity index (χ0v) is 13.0. The largest absolute Gasteiger partial charge is 0.473 e. The zero-order valence-electron chi connectivity index (χ0n) is 12.2. The molecule has 2 aliphatic rings. The summed E-state index contributed by atoms with van der Waals surface area (Å²) in [5, 5.41) is 3.13. The molecular formula is C16H22N2O2S. The topological polar surface area (TPSA) is 51.2 Å². The van der Waals surface area contributed by atoms with Crippen molar-refractivity contribution in [3.05, 3.63) is 23.9 Å². The van der Waals surface area contributed by atoms with Gasteiger partial charge in [-0.25, -0.2) is 4.98 Å². The molecule has 1 atom stereocenters. The lowest BCUT2D eigenvalue weighted by Gasteiger charge is -2.22. The Morgan fingerprint density at radius 2 is 2.14 bits per heavy atom. The molecule has 1 saturated heterocycles. The van der Waals surface area contributed by atoms with Crippen LogP contribution in [0, 0.1) is 0 Å². The zero-order chi connectivity index (χ0) is 14.5. The molecule has 1 unspecified atom stereocenters. The van der Waals surface area contributed by atoms with Crippen molar-refractivity contribution >= 4 is 17.7 Å². The van der Waals surface area contributed by atoms with Gasteiger partial charge in [-0.15, -0.1) is 0 Å². The number of nitrogens with zero attached hydrogens (tertiary/aromatic N) is 1. The van der Waals surface area contributed by atoms with Crippen LogP contribution in [-0.2, 0) is 0 Å². The van der Waals surface area contributed by atoms with Crippen LogP contribution in [-0.4, -0.2) is 34.5 Å². The Balaban J connectivity index is 1.59. The van der Waals surface area contributed by atoms with E-state index >= 15 is 0 Å². The molecule has 2 fully saturated rings. The normalized spacial score (nSPS) is 23.0. The molecule has 0 spiro atoms. The van der Waals surface area contributed by atoms with Crippen molar-refractivity contribution in [2.75, 3.05) is 11.5 Å². The van der Waals surface area contributed by atoms with Crippen molar-refractivity contribution in [2.24, 2.45) is 0 Å². The first-order valence-electron chi connectivity index (χ1n) is 7.82. The van der Waals surface area contributed by atoms with E-state index in [0.717, 1.165) is 30.8 Å². The van der Waals surface area contributed by atoms with Gasteiger partial charge in [-0.1, -0.05) is 19.3 Å². The molecular weight excluding hydrogens is 284 g/mol. The van der Waals surface area contributed by atoms with E-state index in [-0.39, 0.29) is 12.0 Å². The summed E-state index contributed by atoms with van der Waals surface area (Å²) in [6, 6.07) is 3.85. The van der Waals surface area contributed by atoms with Gasteiger partial charge in [-0.2, -0.15) is 11.8 Å². The van der Waals surface area contributed by atoms with Gasteiger partial charge >= 0.3 is 0 Å². The maximum absolute atomic E-state index is 12.3. The molecule has 5 heteroatoms. The first-order valence-corrected chi connectivity index (χ1v) is 8.98. The van der Waals surface area contributed by atoms with Crippen LogP contribution < -0.4 is 10.1 Å². The van der Waals surface area contributed by atoms with Crippen molar-refractivity contribution in [1.82, 2.24) is 10.3 Å². The average molecular weight is 306 g/mol. The quantitative estimate of drug-likeness (QED) is 0.929. The molecule has 1 aromatic rings. The van der Waals surface area contributed by atoms with Crippen LogP contribution in [0.1, 0.15) is 48.9 Å². The van der Waals surface area contributed by atoms with E-state index in [1.54, 1.807) is 18.3 Å². The van der Waals surface area contributed by atoms with Crippen LogP contribution in [0.2, 0.25) is 0 Å². The van der Waals surface area contributed by atoms with Gasteiger partial charge in [0.15, 0.2) is 0 Å². The maximum atomic E-state index is 12.3. The van der Waals surface area contributed by atoms with E-state index in [1.807, 2.05) is 11.8 Å². The number of hydrogen-bond donors (Lipinski definition) is 1. The fourth-order valence-electron chi connectivity index (χ4n) is 2.91. The Kier molecular flexibility index (Phi) is 5.01. The number of amides is 1. The molecule has 3 rings (SSSR count). The van der Waals surface area contributed by atoms with E-state index < -0.39 is 0 Å². The molecule has 21 heavy (non-hydrogen) atoms. The van der Waals surface area contributed by atoms with E-state index in [4.69, 9.17) is 4.74 Å². The lowest BCUT2D eigenvalue weighted by molar-refractivity contribution is 0.0926. The Bertz CT molecular complexity index is 483. The van der Waals surface area contributed by atoms with Crippen LogP contribution >= 0.6 is 11.8 Å². The highest BCUT2D eigenvalue weighted by atomic mass is 32.2. The molecule has 0 aromatic carbocycles. The highest BCUT2D eigenvalue weighted by molar-refractivity contribution is 7.99. The van der Waals surface area contributed by atoms with Gasteiger partial charge in [0.2, 0.25) is 5.88 Å². The summed E-state index contributed by atoms with van der Waals surface area (Å²) in [6.45, 7) is 0. The predicted octanol–water partition coefficient (Wildman–Crippen LogP) is 3.03. The molecule has 114 valence electrons. The summed E-state index contributed by atoms with van der Waals surface area (Å²) >= 11 is 1.90. The lowest BCUT2D eigenvalue weighted by Crippen LogP contribution is -2.36. The fraction of sp³-hybridized carbons (Fsp3) is 0.625. The number of nitrogens with one attached hydrogen (secondary N) is 1. The molecule has 0 radical (unpaired) electrons. The minimum atomic E-state index is -0.00468. The third kappa shape index (κ3) is 4.13. The summed E-state index contributed by atoms with van der Waals surface area (Å²) in [5.41, 5.74) is 0.649. The minimum Gasteiger partial charge on any atom is -0.473 e. The number of hydrogen-bond acceptors (Lipinski definition) is 4. The second-order valence-corrected chi connectivity index (χ2v) is 6.94. The molecule has 1 aliphatic carbocycles. The van der Waals surface area contributed by atoms with Gasteiger partial charge in [0.25, 0.3) is 5.91 Å². The van der Waals surface area contributed by atoms with Crippen molar-refractivity contribution in [3.63, 3.8) is 0 Å². The van der Waals surface area contributed by atoms with Gasteiger partial charge in [-0.05, 0) is 31.1 Å². The second-order valence-electron chi connectivity index (χ2n) is 5.79. The number of rotatable bonds is 4. The van der Waals surface area contributed by atoms with Gasteiger partial charge in [0.1, 0.15) is 6.10 Å². The highest BCUT2D eigenvalue weighted by Crippen LogP contribution is 2.22. The Morgan fingerprint density at radius 3 is 2.90 bits per heavy atom. The number of carbonyl (C=O) groups is 1. The van der Waals surface area contributed by atoms with Crippen molar-refractivity contribution in [1.29, 1.82) is 0 Å². The summed E-state index contributed by atoms with van der Waals surface area (Å²) in [4.78, 5) is 16.5. The van der Waals surface area contributed by atoms with Crippen LogP contribution in [0.4, 0.5) is 0 Å². The number of ether oxygens (including phenoxy) is 1. The fourth-order valence-corrected chi connectivity index (χ4v) is 4.00. The van der Waals surface area contributed by atoms with E-state index in [1.165, 1.54) is 19.3 Å². The molecule has 1 saturated carbocycles. The van der Waals surface area contributed by atoms with Crippen LogP contribution in [0.15, 0.2) is 18.3 Å². The standard InChI is InChI=1S/C16H22N2O2S/c19-16(18-13-4-2-1-3-5-13)12-6-8-17-15(10-12)20-14-7-9-21-11-14/h6,8,10,13-14H,1-5,7,9,11H2,(H,18,19). The highest BCUT2D eigenvalue weighted by Gasteiger charge is 2.19. The van der Waals surface area contributed by atoms with Crippen molar-refractivity contribution in [2.45, 2.75) is 50.7 Å². The van der Waals surface area contributed by atoms with Crippen LogP contribution in [0.5, 0.6) is 5.88 Å². The van der Waals surface area contributed by atoms with E-state index in [2.05, 4.69) is 10.3 Å². The Labute approximate surface area is 130 Å². The minimum absolute atomic E-state index is 0.00468. The molecule has 1 aliphatic heterocycles. The second kappa shape index (κ2) is 7.16. The third-order valence-electron chi connectivity index (χ3n) is 4.11. The molecule has 0 bridgehead atoms. The lowest BCUT2D eigenvalue weighted by atomic mass is 9.95. The average Bonchev–Trinajstić information content (AvgIpc) is 3.01.